The number of aromatic nitrogens is 2. The highest BCUT2D eigenvalue weighted by Crippen LogP contribution is 2.21. The molecule has 1 fully saturated rings. The summed E-state index contributed by atoms with van der Waals surface area (Å²) in [4.78, 5) is 18.2. The molecule has 2 rings (SSSR count). The van der Waals surface area contributed by atoms with Gasteiger partial charge in [0.05, 0.1) is 0 Å². The van der Waals surface area contributed by atoms with Crippen molar-refractivity contribution in [2.45, 2.75) is 38.6 Å². The molecule has 1 atom stereocenters. The van der Waals surface area contributed by atoms with E-state index in [9.17, 15) is 4.79 Å². The van der Waals surface area contributed by atoms with Crippen molar-refractivity contribution in [2.24, 2.45) is 18.7 Å². The third-order valence-electron chi connectivity index (χ3n) is 3.86. The van der Waals surface area contributed by atoms with Crippen molar-refractivity contribution >= 4 is 18.3 Å². The Hall–Kier alpha value is -1.07. The number of aryl methyl sites for hydroxylation is 1. The first-order chi connectivity index (χ1) is 9.06. The van der Waals surface area contributed by atoms with Crippen molar-refractivity contribution in [3.8, 4) is 0 Å². The first kappa shape index (κ1) is 17.0. The van der Waals surface area contributed by atoms with Crippen molar-refractivity contribution in [3.05, 3.63) is 18.2 Å². The third-order valence-corrected chi connectivity index (χ3v) is 3.86. The summed E-state index contributed by atoms with van der Waals surface area (Å²) < 4.78 is 2.08. The first-order valence-corrected chi connectivity index (χ1v) is 7.06. The Morgan fingerprint density at radius 1 is 1.50 bits per heavy atom. The Labute approximate surface area is 126 Å². The smallest absolute Gasteiger partial charge is 0.224 e. The maximum absolute atomic E-state index is 11.9. The van der Waals surface area contributed by atoms with Crippen molar-refractivity contribution in [2.75, 3.05) is 13.1 Å². The quantitative estimate of drug-likeness (QED) is 0.913. The molecule has 5 nitrogen and oxygen atoms in total. The zero-order valence-corrected chi connectivity index (χ0v) is 13.1. The molecule has 2 heterocycles. The van der Waals surface area contributed by atoms with Gasteiger partial charge < -0.3 is 15.2 Å². The standard InChI is InChI=1S/C14H24N4O.ClH/c1-11(15)9-14(19)18-6-3-12(4-7-18)10-13-16-5-8-17(13)2;/h5,8,11-12H,3-4,6-7,9-10,15H2,1-2H3;1H. The monoisotopic (exact) mass is 300 g/mol. The molecule has 1 aromatic rings. The molecular formula is C14H25ClN4O. The highest BCUT2D eigenvalue weighted by Gasteiger charge is 2.24. The summed E-state index contributed by atoms with van der Waals surface area (Å²) in [6.45, 7) is 3.60. The van der Waals surface area contributed by atoms with Gasteiger partial charge in [-0.1, -0.05) is 0 Å². The number of rotatable bonds is 4. The van der Waals surface area contributed by atoms with Crippen LogP contribution in [-0.4, -0.2) is 39.5 Å². The number of halogens is 1. The lowest BCUT2D eigenvalue weighted by atomic mass is 9.93. The van der Waals surface area contributed by atoms with Gasteiger partial charge in [0, 0.05) is 51.4 Å². The molecule has 1 saturated heterocycles. The Kier molecular flexibility index (Phi) is 6.49. The number of nitrogens with two attached hydrogens (primary N) is 1. The predicted molar refractivity (Wildman–Crippen MR) is 81.7 cm³/mol. The van der Waals surface area contributed by atoms with Gasteiger partial charge in [-0.05, 0) is 25.7 Å². The molecule has 0 spiro atoms. The summed E-state index contributed by atoms with van der Waals surface area (Å²) in [6.07, 6.45) is 7.44. The van der Waals surface area contributed by atoms with Crippen LogP contribution >= 0.6 is 12.4 Å². The maximum Gasteiger partial charge on any atom is 0.224 e. The number of piperidine rings is 1. The van der Waals surface area contributed by atoms with Crippen LogP contribution in [0.15, 0.2) is 12.4 Å². The van der Waals surface area contributed by atoms with Crippen LogP contribution in [0.3, 0.4) is 0 Å². The zero-order valence-electron chi connectivity index (χ0n) is 12.3. The van der Waals surface area contributed by atoms with Gasteiger partial charge >= 0.3 is 0 Å². The van der Waals surface area contributed by atoms with Crippen LogP contribution in [0.5, 0.6) is 0 Å². The number of hydrogen-bond acceptors (Lipinski definition) is 3. The van der Waals surface area contributed by atoms with E-state index in [4.69, 9.17) is 5.73 Å². The van der Waals surface area contributed by atoms with Crippen LogP contribution in [0.1, 0.15) is 32.0 Å². The molecule has 0 aliphatic carbocycles. The average Bonchev–Trinajstić information content (AvgIpc) is 2.75. The molecule has 1 aromatic heterocycles. The molecule has 1 amide bonds. The molecule has 0 bridgehead atoms. The predicted octanol–water partition coefficient (Wildman–Crippen LogP) is 1.36. The van der Waals surface area contributed by atoms with E-state index in [2.05, 4.69) is 9.55 Å². The molecule has 20 heavy (non-hydrogen) atoms. The minimum Gasteiger partial charge on any atom is -0.343 e. The molecule has 6 heteroatoms. The lowest BCUT2D eigenvalue weighted by molar-refractivity contribution is -0.132. The summed E-state index contributed by atoms with van der Waals surface area (Å²) in [5.74, 6) is 1.98. The molecule has 2 N–H and O–H groups in total. The van der Waals surface area contributed by atoms with E-state index in [-0.39, 0.29) is 24.4 Å². The van der Waals surface area contributed by atoms with E-state index in [0.29, 0.717) is 12.3 Å². The van der Waals surface area contributed by atoms with E-state index in [1.165, 1.54) is 0 Å². The lowest BCUT2D eigenvalue weighted by Crippen LogP contribution is -2.41. The number of nitrogens with zero attached hydrogens (tertiary/aromatic N) is 3. The fourth-order valence-electron chi connectivity index (χ4n) is 2.64. The number of hydrogen-bond donors (Lipinski definition) is 1. The van der Waals surface area contributed by atoms with Crippen molar-refractivity contribution in [1.82, 2.24) is 14.5 Å². The van der Waals surface area contributed by atoms with Gasteiger partial charge in [-0.3, -0.25) is 4.79 Å². The second kappa shape index (κ2) is 7.64. The van der Waals surface area contributed by atoms with Gasteiger partial charge in [0.15, 0.2) is 0 Å². The van der Waals surface area contributed by atoms with Crippen molar-refractivity contribution in [1.29, 1.82) is 0 Å². The van der Waals surface area contributed by atoms with Gasteiger partial charge in [0.2, 0.25) is 5.91 Å². The largest absolute Gasteiger partial charge is 0.343 e. The highest BCUT2D eigenvalue weighted by molar-refractivity contribution is 5.85. The fourth-order valence-corrected chi connectivity index (χ4v) is 2.64. The second-order valence-electron chi connectivity index (χ2n) is 5.66. The summed E-state index contributed by atoms with van der Waals surface area (Å²) in [7, 11) is 2.03. The van der Waals surface area contributed by atoms with Crippen LogP contribution in [-0.2, 0) is 18.3 Å². The summed E-state index contributed by atoms with van der Waals surface area (Å²) in [5, 5.41) is 0. The molecule has 0 saturated carbocycles. The Balaban J connectivity index is 0.00000200. The highest BCUT2D eigenvalue weighted by atomic mass is 35.5. The van der Waals surface area contributed by atoms with Crippen molar-refractivity contribution < 1.29 is 4.79 Å². The second-order valence-corrected chi connectivity index (χ2v) is 5.66. The number of amides is 1. The molecule has 0 aromatic carbocycles. The van der Waals surface area contributed by atoms with Gasteiger partial charge in [-0.25, -0.2) is 4.98 Å². The number of imidazole rings is 1. The Morgan fingerprint density at radius 2 is 2.15 bits per heavy atom. The topological polar surface area (TPSA) is 64.2 Å². The van der Waals surface area contributed by atoms with Gasteiger partial charge in [0.1, 0.15) is 5.82 Å². The molecular weight excluding hydrogens is 276 g/mol. The SMILES string of the molecule is CC(N)CC(=O)N1CCC(Cc2nccn2C)CC1.Cl. The number of carbonyl (C=O) groups is 1. The van der Waals surface area contributed by atoms with E-state index in [1.807, 2.05) is 31.3 Å². The first-order valence-electron chi connectivity index (χ1n) is 7.06. The molecule has 114 valence electrons. The maximum atomic E-state index is 11.9. The van der Waals surface area contributed by atoms with Crippen LogP contribution in [0.2, 0.25) is 0 Å². The van der Waals surface area contributed by atoms with Crippen LogP contribution in [0.4, 0.5) is 0 Å². The van der Waals surface area contributed by atoms with E-state index in [0.717, 1.165) is 38.2 Å². The zero-order chi connectivity index (χ0) is 13.8. The molecule has 0 radical (unpaired) electrons. The molecule has 1 aliphatic heterocycles. The average molecular weight is 301 g/mol. The Bertz CT molecular complexity index is 425. The van der Waals surface area contributed by atoms with Crippen LogP contribution in [0.25, 0.3) is 0 Å². The molecule has 1 unspecified atom stereocenters. The minimum atomic E-state index is -0.0437. The van der Waals surface area contributed by atoms with Gasteiger partial charge in [0.25, 0.3) is 0 Å². The van der Waals surface area contributed by atoms with Crippen LogP contribution < -0.4 is 5.73 Å². The van der Waals surface area contributed by atoms with Crippen LogP contribution in [0, 0.1) is 5.92 Å². The van der Waals surface area contributed by atoms with E-state index >= 15 is 0 Å². The Morgan fingerprint density at radius 3 is 2.65 bits per heavy atom. The van der Waals surface area contributed by atoms with Gasteiger partial charge in [-0.15, -0.1) is 12.4 Å². The fraction of sp³-hybridized carbons (Fsp3) is 0.714. The van der Waals surface area contributed by atoms with Crippen molar-refractivity contribution in [3.63, 3.8) is 0 Å². The minimum absolute atomic E-state index is 0. The summed E-state index contributed by atoms with van der Waals surface area (Å²) >= 11 is 0. The van der Waals surface area contributed by atoms with E-state index in [1.54, 1.807) is 0 Å². The summed E-state index contributed by atoms with van der Waals surface area (Å²) in [5.41, 5.74) is 5.68. The normalized spacial score (nSPS) is 17.6. The van der Waals surface area contributed by atoms with Gasteiger partial charge in [-0.2, -0.15) is 0 Å². The third kappa shape index (κ3) is 4.49. The van der Waals surface area contributed by atoms with E-state index < -0.39 is 0 Å². The lowest BCUT2D eigenvalue weighted by Gasteiger charge is -2.32. The number of likely N-dealkylation sites (tertiary alicyclic amines) is 1. The summed E-state index contributed by atoms with van der Waals surface area (Å²) in [6, 6.07) is -0.0437. The number of carbonyl (C=O) groups excluding carboxylic acids is 1. The molecule has 1 aliphatic rings.